The van der Waals surface area contributed by atoms with E-state index in [0.29, 0.717) is 29.2 Å². The standard InChI is InChI=1S/C34H32N2O6S/c1-5-22-12-14-24(15-13-22)28-27(30(38)32(39)36(28)34-35-21(4)31(43-34)33(40)41-6-2)29(37)25-16-17-26(20(3)18-25)42-19-23-10-8-7-9-11-23/h7-18,28,37H,5-6,19H2,1-4H3/b29-27-. The molecule has 220 valence electrons. The molecule has 1 fully saturated rings. The molecule has 8 nitrogen and oxygen atoms in total. The number of Topliss-reactive ketones (excluding diaryl/α,β-unsaturated/α-hetero) is 1. The second-order valence-corrected chi connectivity index (χ2v) is 11.1. The third kappa shape index (κ3) is 5.94. The zero-order chi connectivity index (χ0) is 30.7. The number of thiazole rings is 1. The second-order valence-electron chi connectivity index (χ2n) is 10.2. The van der Waals surface area contributed by atoms with Crippen LogP contribution in [0.2, 0.25) is 0 Å². The van der Waals surface area contributed by atoms with Crippen molar-refractivity contribution in [2.45, 2.75) is 46.8 Å². The van der Waals surface area contributed by atoms with Gasteiger partial charge < -0.3 is 14.6 Å². The molecule has 1 saturated heterocycles. The number of aromatic nitrogens is 1. The lowest BCUT2D eigenvalue weighted by Crippen LogP contribution is -2.29. The molecule has 1 aliphatic heterocycles. The number of carbonyl (C=O) groups excluding carboxylic acids is 3. The molecule has 0 bridgehead atoms. The molecule has 1 N–H and O–H groups in total. The van der Waals surface area contributed by atoms with E-state index in [4.69, 9.17) is 9.47 Å². The fourth-order valence-electron chi connectivity index (χ4n) is 5.00. The minimum Gasteiger partial charge on any atom is -0.507 e. The van der Waals surface area contributed by atoms with Gasteiger partial charge in [0.15, 0.2) is 5.13 Å². The minimum atomic E-state index is -0.958. The number of hydrogen-bond acceptors (Lipinski definition) is 8. The maximum Gasteiger partial charge on any atom is 0.350 e. The van der Waals surface area contributed by atoms with Crippen molar-refractivity contribution >= 4 is 39.9 Å². The molecule has 1 atom stereocenters. The van der Waals surface area contributed by atoms with Gasteiger partial charge in [-0.2, -0.15) is 0 Å². The zero-order valence-corrected chi connectivity index (χ0v) is 25.2. The first-order chi connectivity index (χ1) is 20.7. The maximum absolute atomic E-state index is 13.6. The van der Waals surface area contributed by atoms with Crippen LogP contribution in [-0.2, 0) is 27.4 Å². The maximum atomic E-state index is 13.6. The summed E-state index contributed by atoms with van der Waals surface area (Å²) >= 11 is 0.981. The third-order valence-corrected chi connectivity index (χ3v) is 8.42. The Morgan fingerprint density at radius 2 is 1.70 bits per heavy atom. The average molecular weight is 597 g/mol. The minimum absolute atomic E-state index is 0.0582. The first kappa shape index (κ1) is 29.7. The highest BCUT2D eigenvalue weighted by atomic mass is 32.1. The highest BCUT2D eigenvalue weighted by Gasteiger charge is 2.48. The first-order valence-corrected chi connectivity index (χ1v) is 14.9. The Hall–Kier alpha value is -4.76. The van der Waals surface area contributed by atoms with Crippen LogP contribution in [0, 0.1) is 13.8 Å². The number of rotatable bonds is 9. The van der Waals surface area contributed by atoms with E-state index in [1.54, 1.807) is 32.0 Å². The van der Waals surface area contributed by atoms with E-state index in [1.807, 2.05) is 68.4 Å². The van der Waals surface area contributed by atoms with Crippen LogP contribution in [0.5, 0.6) is 5.75 Å². The third-order valence-electron chi connectivity index (χ3n) is 7.29. The van der Waals surface area contributed by atoms with E-state index in [9.17, 15) is 19.5 Å². The number of carbonyl (C=O) groups is 3. The monoisotopic (exact) mass is 596 g/mol. The van der Waals surface area contributed by atoms with Crippen LogP contribution in [-0.4, -0.2) is 34.4 Å². The van der Waals surface area contributed by atoms with Crippen molar-refractivity contribution in [2.75, 3.05) is 11.5 Å². The molecule has 3 aromatic carbocycles. The Labute approximate surface area is 254 Å². The van der Waals surface area contributed by atoms with Crippen LogP contribution in [0.4, 0.5) is 5.13 Å². The van der Waals surface area contributed by atoms with Crippen molar-refractivity contribution in [3.05, 3.63) is 117 Å². The molecular formula is C34H32N2O6S. The predicted molar refractivity (Wildman–Crippen MR) is 165 cm³/mol. The second kappa shape index (κ2) is 12.6. The van der Waals surface area contributed by atoms with E-state index in [0.717, 1.165) is 34.4 Å². The van der Waals surface area contributed by atoms with Crippen LogP contribution >= 0.6 is 11.3 Å². The molecule has 1 aliphatic rings. The number of anilines is 1. The van der Waals surface area contributed by atoms with Gasteiger partial charge in [0.1, 0.15) is 23.0 Å². The highest BCUT2D eigenvalue weighted by Crippen LogP contribution is 2.44. The lowest BCUT2D eigenvalue weighted by atomic mass is 9.94. The molecule has 0 aliphatic carbocycles. The lowest BCUT2D eigenvalue weighted by Gasteiger charge is -2.23. The van der Waals surface area contributed by atoms with Gasteiger partial charge in [-0.3, -0.25) is 14.5 Å². The van der Waals surface area contributed by atoms with Gasteiger partial charge >= 0.3 is 11.9 Å². The number of aryl methyl sites for hydroxylation is 3. The highest BCUT2D eigenvalue weighted by molar-refractivity contribution is 7.17. The summed E-state index contributed by atoms with van der Waals surface area (Å²) in [6, 6.07) is 21.5. The van der Waals surface area contributed by atoms with Gasteiger partial charge in [0.25, 0.3) is 5.78 Å². The summed E-state index contributed by atoms with van der Waals surface area (Å²) in [5.41, 5.74) is 4.19. The van der Waals surface area contributed by atoms with E-state index >= 15 is 0 Å². The smallest absolute Gasteiger partial charge is 0.350 e. The van der Waals surface area contributed by atoms with Gasteiger partial charge in [0, 0.05) is 5.56 Å². The molecule has 4 aromatic rings. The van der Waals surface area contributed by atoms with E-state index in [-0.39, 0.29) is 27.9 Å². The molecule has 1 amide bonds. The molecule has 0 radical (unpaired) electrons. The van der Waals surface area contributed by atoms with Gasteiger partial charge in [0.05, 0.1) is 23.9 Å². The fraction of sp³-hybridized carbons (Fsp3) is 0.235. The number of aliphatic hydroxyl groups is 1. The predicted octanol–water partition coefficient (Wildman–Crippen LogP) is 6.70. The topological polar surface area (TPSA) is 106 Å². The molecule has 1 aromatic heterocycles. The Kier molecular flexibility index (Phi) is 8.73. The van der Waals surface area contributed by atoms with Crippen LogP contribution in [0.15, 0.2) is 78.4 Å². The van der Waals surface area contributed by atoms with E-state index in [1.165, 1.54) is 4.90 Å². The molecule has 0 saturated carbocycles. The summed E-state index contributed by atoms with van der Waals surface area (Å²) in [4.78, 5) is 45.7. The van der Waals surface area contributed by atoms with Crippen molar-refractivity contribution < 1.29 is 29.0 Å². The molecule has 0 spiro atoms. The Bertz CT molecular complexity index is 1710. The molecule has 9 heteroatoms. The normalized spacial score (nSPS) is 16.0. The number of ketones is 1. The number of hydrogen-bond donors (Lipinski definition) is 1. The number of nitrogens with zero attached hydrogens (tertiary/aromatic N) is 2. The molecule has 5 rings (SSSR count). The van der Waals surface area contributed by atoms with Crippen molar-refractivity contribution in [1.82, 2.24) is 4.98 Å². The van der Waals surface area contributed by atoms with Crippen molar-refractivity contribution in [1.29, 1.82) is 0 Å². The first-order valence-electron chi connectivity index (χ1n) is 14.1. The van der Waals surface area contributed by atoms with E-state index < -0.39 is 23.7 Å². The summed E-state index contributed by atoms with van der Waals surface area (Å²) in [5.74, 6) is -1.89. The van der Waals surface area contributed by atoms with Gasteiger partial charge in [-0.05, 0) is 67.6 Å². The SMILES string of the molecule is CCOC(=O)c1sc(N2C(=O)C(=O)/C(=C(\O)c3ccc(OCc4ccccc4)c(C)c3)C2c2ccc(CC)cc2)nc1C. The molecule has 1 unspecified atom stereocenters. The van der Waals surface area contributed by atoms with Crippen molar-refractivity contribution in [3.63, 3.8) is 0 Å². The Morgan fingerprint density at radius 1 is 0.977 bits per heavy atom. The Balaban J connectivity index is 1.57. The summed E-state index contributed by atoms with van der Waals surface area (Å²) in [5, 5.41) is 11.8. The quantitative estimate of drug-likeness (QED) is 0.0991. The zero-order valence-electron chi connectivity index (χ0n) is 24.4. The number of aliphatic hydroxyl groups excluding tert-OH is 1. The van der Waals surface area contributed by atoms with Crippen LogP contribution < -0.4 is 9.64 Å². The van der Waals surface area contributed by atoms with Crippen LogP contribution in [0.3, 0.4) is 0 Å². The molecule has 2 heterocycles. The summed E-state index contributed by atoms with van der Waals surface area (Å²) < 4.78 is 11.1. The number of ether oxygens (including phenoxy) is 2. The van der Waals surface area contributed by atoms with Crippen LogP contribution in [0.25, 0.3) is 5.76 Å². The largest absolute Gasteiger partial charge is 0.507 e. The van der Waals surface area contributed by atoms with Gasteiger partial charge in [-0.25, -0.2) is 9.78 Å². The van der Waals surface area contributed by atoms with Gasteiger partial charge in [0.2, 0.25) is 0 Å². The fourth-order valence-corrected chi connectivity index (χ4v) is 5.99. The lowest BCUT2D eigenvalue weighted by molar-refractivity contribution is -0.132. The van der Waals surface area contributed by atoms with E-state index in [2.05, 4.69) is 4.98 Å². The summed E-state index contributed by atoms with van der Waals surface area (Å²) in [6.07, 6.45) is 0.813. The molecular weight excluding hydrogens is 564 g/mol. The average Bonchev–Trinajstić information content (AvgIpc) is 3.52. The Morgan fingerprint density at radius 3 is 2.35 bits per heavy atom. The summed E-state index contributed by atoms with van der Waals surface area (Å²) in [7, 11) is 0. The number of amides is 1. The van der Waals surface area contributed by atoms with Crippen LogP contribution in [0.1, 0.15) is 63.1 Å². The van der Waals surface area contributed by atoms with Gasteiger partial charge in [-0.15, -0.1) is 0 Å². The van der Waals surface area contributed by atoms with Crippen molar-refractivity contribution in [2.24, 2.45) is 0 Å². The van der Waals surface area contributed by atoms with Gasteiger partial charge in [-0.1, -0.05) is 72.9 Å². The molecule has 43 heavy (non-hydrogen) atoms. The summed E-state index contributed by atoms with van der Waals surface area (Å²) in [6.45, 7) is 7.81. The number of esters is 1. The number of benzene rings is 3. The van der Waals surface area contributed by atoms with Crippen molar-refractivity contribution in [3.8, 4) is 5.75 Å².